The van der Waals surface area contributed by atoms with E-state index in [4.69, 9.17) is 0 Å². The van der Waals surface area contributed by atoms with E-state index in [0.29, 0.717) is 0 Å². The summed E-state index contributed by atoms with van der Waals surface area (Å²) in [5, 5.41) is 0. The average Bonchev–Trinajstić information content (AvgIpc) is 2.40. The minimum atomic E-state index is 0.810. The van der Waals surface area contributed by atoms with Gasteiger partial charge < -0.3 is 4.90 Å². The lowest BCUT2D eigenvalue weighted by Gasteiger charge is -2.20. The molecule has 0 aromatic rings. The van der Waals surface area contributed by atoms with Crippen molar-refractivity contribution < 1.29 is 0 Å². The van der Waals surface area contributed by atoms with Gasteiger partial charge >= 0.3 is 0 Å². The highest BCUT2D eigenvalue weighted by atomic mass is 15.1. The Morgan fingerprint density at radius 2 is 1.36 bits per heavy atom. The van der Waals surface area contributed by atoms with Gasteiger partial charge in [0.1, 0.15) is 0 Å². The van der Waals surface area contributed by atoms with E-state index < -0.39 is 0 Å². The minimum absolute atomic E-state index is 0.810. The molecule has 0 amide bonds. The molecule has 2 unspecified atom stereocenters. The summed E-state index contributed by atoms with van der Waals surface area (Å²) in [6.45, 7) is 14.0. The van der Waals surface area contributed by atoms with Gasteiger partial charge in [-0.3, -0.25) is 0 Å². The Kier molecular flexibility index (Phi) is 12.9. The van der Waals surface area contributed by atoms with E-state index in [1.165, 1.54) is 25.8 Å². The van der Waals surface area contributed by atoms with Crippen LogP contribution in [0, 0.1) is 5.92 Å². The monoisotopic (exact) mass is 201 g/mol. The number of nitrogens with zero attached hydrogens (tertiary/aromatic N) is 1. The summed E-state index contributed by atoms with van der Waals surface area (Å²) in [5.41, 5.74) is 0. The fraction of sp³-hybridized carbons (Fsp3) is 1.00. The third-order valence-corrected chi connectivity index (χ3v) is 2.80. The highest BCUT2D eigenvalue weighted by molar-refractivity contribution is 4.70. The number of likely N-dealkylation sites (tertiary alicyclic amines) is 1. The van der Waals surface area contributed by atoms with Crippen molar-refractivity contribution in [2.75, 3.05) is 13.6 Å². The van der Waals surface area contributed by atoms with Gasteiger partial charge in [-0.15, -0.1) is 0 Å². The summed E-state index contributed by atoms with van der Waals surface area (Å²) in [6, 6.07) is 0.810. The van der Waals surface area contributed by atoms with Crippen molar-refractivity contribution in [2.45, 2.75) is 66.8 Å². The van der Waals surface area contributed by atoms with Crippen LogP contribution in [0.25, 0.3) is 0 Å². The highest BCUT2D eigenvalue weighted by Crippen LogP contribution is 2.19. The lowest BCUT2D eigenvalue weighted by atomic mass is 10.0. The van der Waals surface area contributed by atoms with Gasteiger partial charge in [0.2, 0.25) is 0 Å². The van der Waals surface area contributed by atoms with Crippen LogP contribution < -0.4 is 0 Å². The Balaban J connectivity index is 0. The maximum absolute atomic E-state index is 2.48. The van der Waals surface area contributed by atoms with E-state index in [0.717, 1.165) is 12.0 Å². The Labute approximate surface area is 91.9 Å². The topological polar surface area (TPSA) is 3.24 Å². The summed E-state index contributed by atoms with van der Waals surface area (Å²) < 4.78 is 0. The second-order valence-electron chi connectivity index (χ2n) is 3.80. The first kappa shape index (κ1) is 16.4. The highest BCUT2D eigenvalue weighted by Gasteiger charge is 2.15. The van der Waals surface area contributed by atoms with Crippen molar-refractivity contribution >= 4 is 0 Å². The molecule has 2 atom stereocenters. The molecule has 0 aromatic carbocycles. The molecule has 0 spiro atoms. The first-order chi connectivity index (χ1) is 6.70. The largest absolute Gasteiger partial charge is 0.304 e. The molecule has 0 aromatic heterocycles. The maximum Gasteiger partial charge on any atom is 0.00639 e. The minimum Gasteiger partial charge on any atom is -0.304 e. The third kappa shape index (κ3) is 7.37. The van der Waals surface area contributed by atoms with Gasteiger partial charge in [-0.1, -0.05) is 34.6 Å². The van der Waals surface area contributed by atoms with Crippen LogP contribution in [0.4, 0.5) is 0 Å². The molecule has 14 heavy (non-hydrogen) atoms. The van der Waals surface area contributed by atoms with Crippen molar-refractivity contribution in [3.05, 3.63) is 0 Å². The van der Waals surface area contributed by atoms with Crippen molar-refractivity contribution in [2.24, 2.45) is 5.92 Å². The second-order valence-corrected chi connectivity index (χ2v) is 3.80. The van der Waals surface area contributed by atoms with E-state index in [2.05, 4.69) is 25.8 Å². The van der Waals surface area contributed by atoms with Gasteiger partial charge in [0, 0.05) is 6.04 Å². The van der Waals surface area contributed by atoms with Crippen LogP contribution in [-0.4, -0.2) is 24.5 Å². The lowest BCUT2D eigenvalue weighted by Crippen LogP contribution is -2.27. The van der Waals surface area contributed by atoms with Crippen LogP contribution in [0.3, 0.4) is 0 Å². The van der Waals surface area contributed by atoms with Gasteiger partial charge in [0.05, 0.1) is 0 Å². The van der Waals surface area contributed by atoms with E-state index in [1.54, 1.807) is 0 Å². The van der Waals surface area contributed by atoms with Gasteiger partial charge in [0.25, 0.3) is 0 Å². The number of hydrogen-bond donors (Lipinski definition) is 0. The summed E-state index contributed by atoms with van der Waals surface area (Å²) in [7, 11) is 2.24. The zero-order valence-electron chi connectivity index (χ0n) is 11.4. The quantitative estimate of drug-likeness (QED) is 0.568. The van der Waals surface area contributed by atoms with Crippen LogP contribution in [-0.2, 0) is 0 Å². The Morgan fingerprint density at radius 1 is 0.857 bits per heavy atom. The summed E-state index contributed by atoms with van der Waals surface area (Å²) >= 11 is 0. The SMILES string of the molecule is CC.CC.CC1CCC(C)N(C)CC1. The predicted molar refractivity (Wildman–Crippen MR) is 67.8 cm³/mol. The summed E-state index contributed by atoms with van der Waals surface area (Å²) in [4.78, 5) is 2.48. The van der Waals surface area contributed by atoms with E-state index in [1.807, 2.05) is 27.7 Å². The van der Waals surface area contributed by atoms with E-state index >= 15 is 0 Å². The van der Waals surface area contributed by atoms with Gasteiger partial charge in [-0.2, -0.15) is 0 Å². The fourth-order valence-electron chi connectivity index (χ4n) is 1.53. The molecule has 88 valence electrons. The van der Waals surface area contributed by atoms with Crippen LogP contribution in [0.15, 0.2) is 0 Å². The number of rotatable bonds is 0. The molecule has 1 rings (SSSR count). The Hall–Kier alpha value is -0.0400. The molecule has 1 fully saturated rings. The predicted octanol–water partition coefficient (Wildman–Crippen LogP) is 4.18. The van der Waals surface area contributed by atoms with Crippen LogP contribution in [0.5, 0.6) is 0 Å². The molecule has 0 aliphatic carbocycles. The second kappa shape index (κ2) is 11.0. The Bertz CT molecular complexity index is 89.4. The molecule has 0 saturated carbocycles. The summed E-state index contributed by atoms with van der Waals surface area (Å²) in [5.74, 6) is 0.951. The third-order valence-electron chi connectivity index (χ3n) is 2.80. The van der Waals surface area contributed by atoms with Gasteiger partial charge in [0.15, 0.2) is 0 Å². The summed E-state index contributed by atoms with van der Waals surface area (Å²) in [6.07, 6.45) is 4.20. The van der Waals surface area contributed by atoms with Crippen molar-refractivity contribution in [3.8, 4) is 0 Å². The Morgan fingerprint density at radius 3 is 1.86 bits per heavy atom. The molecule has 0 N–H and O–H groups in total. The first-order valence-electron chi connectivity index (χ1n) is 6.40. The normalized spacial score (nSPS) is 27.6. The van der Waals surface area contributed by atoms with Crippen molar-refractivity contribution in [1.29, 1.82) is 0 Å². The van der Waals surface area contributed by atoms with E-state index in [9.17, 15) is 0 Å². The number of hydrogen-bond acceptors (Lipinski definition) is 1. The fourth-order valence-corrected chi connectivity index (χ4v) is 1.53. The first-order valence-corrected chi connectivity index (χ1v) is 6.40. The molecule has 1 aliphatic rings. The zero-order valence-corrected chi connectivity index (χ0v) is 11.4. The van der Waals surface area contributed by atoms with Crippen LogP contribution >= 0.6 is 0 Å². The standard InChI is InChI=1S/C9H19N.2C2H6/c1-8-4-5-9(2)10(3)7-6-8;2*1-2/h8-9H,4-7H2,1-3H3;2*1-2H3. The molecular formula is C13H31N. The molecule has 1 heteroatoms. The van der Waals surface area contributed by atoms with Crippen LogP contribution in [0.2, 0.25) is 0 Å². The molecule has 1 heterocycles. The molecule has 1 aliphatic heterocycles. The van der Waals surface area contributed by atoms with Crippen LogP contribution in [0.1, 0.15) is 60.8 Å². The molecule has 0 bridgehead atoms. The average molecular weight is 201 g/mol. The molecule has 1 nitrogen and oxygen atoms in total. The lowest BCUT2D eigenvalue weighted by molar-refractivity contribution is 0.263. The molecule has 1 saturated heterocycles. The smallest absolute Gasteiger partial charge is 0.00639 e. The zero-order chi connectivity index (χ0) is 11.6. The molecular weight excluding hydrogens is 170 g/mol. The van der Waals surface area contributed by atoms with Crippen molar-refractivity contribution in [3.63, 3.8) is 0 Å². The van der Waals surface area contributed by atoms with Gasteiger partial charge in [-0.05, 0) is 45.7 Å². The van der Waals surface area contributed by atoms with Gasteiger partial charge in [-0.25, -0.2) is 0 Å². The van der Waals surface area contributed by atoms with Crippen molar-refractivity contribution in [1.82, 2.24) is 4.90 Å². The molecule has 0 radical (unpaired) electrons. The maximum atomic E-state index is 2.48. The van der Waals surface area contributed by atoms with E-state index in [-0.39, 0.29) is 0 Å².